The number of carbonyl (C=O) groups excluding carboxylic acids is 1. The van der Waals surface area contributed by atoms with Gasteiger partial charge in [0.1, 0.15) is 12.4 Å². The van der Waals surface area contributed by atoms with Crippen molar-refractivity contribution in [3.05, 3.63) is 58.2 Å². The summed E-state index contributed by atoms with van der Waals surface area (Å²) in [5, 5.41) is 15.0. The number of para-hydroxylation sites is 1. The Balaban J connectivity index is 1.58. The molecule has 7 nitrogen and oxygen atoms in total. The van der Waals surface area contributed by atoms with E-state index in [9.17, 15) is 4.79 Å². The lowest BCUT2D eigenvalue weighted by molar-refractivity contribution is -0.142. The molecule has 8 heteroatoms. The summed E-state index contributed by atoms with van der Waals surface area (Å²) in [6.45, 7) is 5.03. The number of rotatable bonds is 9. The van der Waals surface area contributed by atoms with Crippen LogP contribution in [0.1, 0.15) is 24.2 Å². The van der Waals surface area contributed by atoms with E-state index >= 15 is 0 Å². The van der Waals surface area contributed by atoms with E-state index < -0.39 is 0 Å². The molecule has 0 amide bonds. The van der Waals surface area contributed by atoms with Crippen LogP contribution in [0, 0.1) is 0 Å². The first-order valence-electron chi connectivity index (χ1n) is 10.4. The van der Waals surface area contributed by atoms with Crippen LogP contribution in [-0.4, -0.2) is 58.6 Å². The highest BCUT2D eigenvalue weighted by Gasteiger charge is 2.31. The zero-order chi connectivity index (χ0) is 21.8. The van der Waals surface area contributed by atoms with Gasteiger partial charge in [-0.05, 0) is 31.2 Å². The molecule has 1 fully saturated rings. The summed E-state index contributed by atoms with van der Waals surface area (Å²) >= 11 is 3.56. The van der Waals surface area contributed by atoms with Crippen molar-refractivity contribution in [3.63, 3.8) is 0 Å². The lowest BCUT2D eigenvalue weighted by atomic mass is 10.1. The van der Waals surface area contributed by atoms with Crippen molar-refractivity contribution >= 4 is 32.8 Å². The number of fused-ring (bicyclic) bond motifs is 1. The number of halogens is 1. The first kappa shape index (κ1) is 21.8. The molecule has 0 bridgehead atoms. The molecule has 1 saturated heterocycles. The molecule has 0 radical (unpaired) electrons. The molecule has 1 aromatic heterocycles. The van der Waals surface area contributed by atoms with Gasteiger partial charge in [0.2, 0.25) is 0 Å². The van der Waals surface area contributed by atoms with Crippen molar-refractivity contribution in [3.8, 4) is 5.75 Å². The Morgan fingerprint density at radius 3 is 2.84 bits per heavy atom. The van der Waals surface area contributed by atoms with Gasteiger partial charge in [0.25, 0.3) is 0 Å². The molecule has 0 unspecified atom stereocenters. The highest BCUT2D eigenvalue weighted by molar-refractivity contribution is 9.10. The standard InChI is InChI=1S/C23H26BrN3O4/c1-2-30-23(29)11-16-5-3-4-6-22(16)31-15-21-19-12-17(24)7-8-20(19)25-27(21)18-13-26(14-18)9-10-28/h3-8,12,18,28H,2,9-11,13-15H2,1H3. The topological polar surface area (TPSA) is 76.8 Å². The van der Waals surface area contributed by atoms with Gasteiger partial charge in [0.15, 0.2) is 0 Å². The van der Waals surface area contributed by atoms with Crippen LogP contribution >= 0.6 is 15.9 Å². The number of hydrogen-bond acceptors (Lipinski definition) is 6. The van der Waals surface area contributed by atoms with Gasteiger partial charge in [-0.25, -0.2) is 0 Å². The van der Waals surface area contributed by atoms with Crippen LogP contribution in [0.3, 0.4) is 0 Å². The van der Waals surface area contributed by atoms with E-state index in [0.717, 1.165) is 39.7 Å². The highest BCUT2D eigenvalue weighted by Crippen LogP contribution is 2.30. The maximum Gasteiger partial charge on any atom is 0.310 e. The maximum absolute atomic E-state index is 12.0. The van der Waals surface area contributed by atoms with Crippen LogP contribution < -0.4 is 4.74 Å². The van der Waals surface area contributed by atoms with Crippen LogP contribution in [0.4, 0.5) is 0 Å². The van der Waals surface area contributed by atoms with Gasteiger partial charge in [0, 0.05) is 35.1 Å². The maximum atomic E-state index is 12.0. The first-order valence-corrected chi connectivity index (χ1v) is 11.2. The van der Waals surface area contributed by atoms with Crippen molar-refractivity contribution < 1.29 is 19.4 Å². The number of aliphatic hydroxyl groups is 1. The third-order valence-electron chi connectivity index (χ3n) is 5.44. The smallest absolute Gasteiger partial charge is 0.310 e. The van der Waals surface area contributed by atoms with E-state index in [-0.39, 0.29) is 25.0 Å². The number of carbonyl (C=O) groups is 1. The number of likely N-dealkylation sites (tertiary alicyclic amines) is 1. The fourth-order valence-electron chi connectivity index (χ4n) is 3.90. The molecule has 31 heavy (non-hydrogen) atoms. The van der Waals surface area contributed by atoms with Gasteiger partial charge in [-0.15, -0.1) is 0 Å². The monoisotopic (exact) mass is 487 g/mol. The second kappa shape index (κ2) is 9.80. The summed E-state index contributed by atoms with van der Waals surface area (Å²) in [4.78, 5) is 14.2. The van der Waals surface area contributed by atoms with Gasteiger partial charge in [-0.1, -0.05) is 34.1 Å². The van der Waals surface area contributed by atoms with Crippen LogP contribution in [0.15, 0.2) is 46.9 Å². The zero-order valence-electron chi connectivity index (χ0n) is 17.5. The van der Waals surface area contributed by atoms with E-state index in [1.54, 1.807) is 6.92 Å². The molecule has 164 valence electrons. The average Bonchev–Trinajstić information content (AvgIpc) is 3.07. The molecular weight excluding hydrogens is 462 g/mol. The Morgan fingerprint density at radius 2 is 2.06 bits per heavy atom. The predicted octanol–water partition coefficient (Wildman–Crippen LogP) is 3.33. The molecule has 1 aliphatic rings. The van der Waals surface area contributed by atoms with Crippen molar-refractivity contribution in [1.29, 1.82) is 0 Å². The normalized spacial score (nSPS) is 14.5. The molecule has 0 saturated carbocycles. The Labute approximate surface area is 189 Å². The number of nitrogens with zero attached hydrogens (tertiary/aromatic N) is 3. The van der Waals surface area contributed by atoms with Crippen LogP contribution in [0.2, 0.25) is 0 Å². The zero-order valence-corrected chi connectivity index (χ0v) is 19.0. The Hall–Kier alpha value is -2.42. The molecule has 0 spiro atoms. The number of hydrogen-bond donors (Lipinski definition) is 1. The average molecular weight is 488 g/mol. The third kappa shape index (κ3) is 4.92. The molecule has 2 heterocycles. The van der Waals surface area contributed by atoms with Gasteiger partial charge in [-0.3, -0.25) is 14.4 Å². The Morgan fingerprint density at radius 1 is 1.26 bits per heavy atom. The Kier molecular flexibility index (Phi) is 6.89. The largest absolute Gasteiger partial charge is 0.487 e. The van der Waals surface area contributed by atoms with Crippen molar-refractivity contribution in [2.75, 3.05) is 32.8 Å². The number of benzene rings is 2. The molecule has 0 aliphatic carbocycles. The van der Waals surface area contributed by atoms with Crippen molar-refractivity contribution in [2.24, 2.45) is 0 Å². The quantitative estimate of drug-likeness (QED) is 0.466. The molecule has 3 aromatic rings. The molecule has 0 atom stereocenters. The SMILES string of the molecule is CCOC(=O)Cc1ccccc1OCc1c2cc(Br)ccc2nn1C1CN(CCO)C1. The van der Waals surface area contributed by atoms with E-state index in [4.69, 9.17) is 19.7 Å². The predicted molar refractivity (Wildman–Crippen MR) is 121 cm³/mol. The molecule has 1 aliphatic heterocycles. The van der Waals surface area contributed by atoms with E-state index in [1.807, 2.05) is 36.4 Å². The number of ether oxygens (including phenoxy) is 2. The summed E-state index contributed by atoms with van der Waals surface area (Å²) in [7, 11) is 0. The van der Waals surface area contributed by atoms with E-state index in [2.05, 4.69) is 31.6 Å². The number of aliphatic hydroxyl groups excluding tert-OH is 1. The number of esters is 1. The fraction of sp³-hybridized carbons (Fsp3) is 0.391. The summed E-state index contributed by atoms with van der Waals surface area (Å²) in [5.74, 6) is 0.401. The summed E-state index contributed by atoms with van der Waals surface area (Å²) in [6, 6.07) is 13.8. The summed E-state index contributed by atoms with van der Waals surface area (Å²) in [6.07, 6.45) is 0.175. The Bertz CT molecular complexity index is 1060. The molecule has 4 rings (SSSR count). The lowest BCUT2D eigenvalue weighted by Crippen LogP contribution is -2.49. The van der Waals surface area contributed by atoms with Crippen molar-refractivity contribution in [1.82, 2.24) is 14.7 Å². The minimum Gasteiger partial charge on any atom is -0.487 e. The minimum absolute atomic E-state index is 0.161. The van der Waals surface area contributed by atoms with Crippen LogP contribution in [-0.2, 0) is 22.6 Å². The number of β-amino-alcohol motifs (C(OH)–C–C–N with tert-alkyl or cyclic N) is 1. The summed E-state index contributed by atoms with van der Waals surface area (Å²) < 4.78 is 14.3. The summed E-state index contributed by atoms with van der Waals surface area (Å²) in [5.41, 5.74) is 2.72. The third-order valence-corrected chi connectivity index (χ3v) is 5.93. The highest BCUT2D eigenvalue weighted by atomic mass is 79.9. The molecule has 2 aromatic carbocycles. The van der Waals surface area contributed by atoms with E-state index in [1.165, 1.54) is 0 Å². The first-order chi connectivity index (χ1) is 15.1. The molecule has 1 N–H and O–H groups in total. The lowest BCUT2D eigenvalue weighted by Gasteiger charge is -2.39. The van der Waals surface area contributed by atoms with Gasteiger partial charge >= 0.3 is 5.97 Å². The van der Waals surface area contributed by atoms with Crippen LogP contribution in [0.25, 0.3) is 10.9 Å². The van der Waals surface area contributed by atoms with Crippen LogP contribution in [0.5, 0.6) is 5.75 Å². The second-order valence-electron chi connectivity index (χ2n) is 7.57. The van der Waals surface area contributed by atoms with Gasteiger partial charge < -0.3 is 14.6 Å². The second-order valence-corrected chi connectivity index (χ2v) is 8.48. The van der Waals surface area contributed by atoms with Gasteiger partial charge in [-0.2, -0.15) is 5.10 Å². The molecular formula is C23H26BrN3O4. The fourth-order valence-corrected chi connectivity index (χ4v) is 4.26. The minimum atomic E-state index is -0.267. The number of aromatic nitrogens is 2. The van der Waals surface area contributed by atoms with Gasteiger partial charge in [0.05, 0.1) is 36.9 Å². The van der Waals surface area contributed by atoms with Crippen molar-refractivity contribution in [2.45, 2.75) is 26.0 Å². The van der Waals surface area contributed by atoms with E-state index in [0.29, 0.717) is 25.5 Å².